The summed E-state index contributed by atoms with van der Waals surface area (Å²) in [4.78, 5) is 8.46. The maximum atomic E-state index is 4.40. The highest BCUT2D eigenvalue weighted by molar-refractivity contribution is 5.12. The average Bonchev–Trinajstić information content (AvgIpc) is 2.88. The van der Waals surface area contributed by atoms with E-state index in [9.17, 15) is 0 Å². The number of nitrogens with one attached hydrogen (secondary N) is 1. The third-order valence-corrected chi connectivity index (χ3v) is 3.28. The van der Waals surface area contributed by atoms with Crippen molar-refractivity contribution in [2.75, 3.05) is 6.54 Å². The largest absolute Gasteiger partial charge is 0.313 e. The molecule has 1 unspecified atom stereocenters. The lowest BCUT2D eigenvalue weighted by atomic mass is 10.0. The Morgan fingerprint density at radius 3 is 2.70 bits per heavy atom. The second-order valence-electron chi connectivity index (χ2n) is 4.92. The van der Waals surface area contributed by atoms with Crippen LogP contribution in [0.15, 0.2) is 30.9 Å². The molecule has 0 spiro atoms. The molecule has 5 nitrogen and oxygen atoms in total. The van der Waals surface area contributed by atoms with Gasteiger partial charge in [-0.2, -0.15) is 5.10 Å². The second-order valence-corrected chi connectivity index (χ2v) is 4.92. The monoisotopic (exact) mass is 273 g/mol. The Hall–Kier alpha value is -1.75. The summed E-state index contributed by atoms with van der Waals surface area (Å²) in [6.45, 7) is 6.18. The van der Waals surface area contributed by atoms with Crippen LogP contribution >= 0.6 is 0 Å². The summed E-state index contributed by atoms with van der Waals surface area (Å²) in [6, 6.07) is 4.52. The van der Waals surface area contributed by atoms with Crippen molar-refractivity contribution in [3.05, 3.63) is 42.2 Å². The van der Waals surface area contributed by atoms with Gasteiger partial charge in [-0.05, 0) is 37.1 Å². The van der Waals surface area contributed by atoms with Gasteiger partial charge in [-0.15, -0.1) is 0 Å². The third-order valence-electron chi connectivity index (χ3n) is 3.28. The number of aryl methyl sites for hydroxylation is 1. The molecule has 0 saturated heterocycles. The van der Waals surface area contributed by atoms with E-state index in [1.807, 2.05) is 17.1 Å². The first-order chi connectivity index (χ1) is 9.83. The van der Waals surface area contributed by atoms with Crippen molar-refractivity contribution in [3.8, 4) is 0 Å². The van der Waals surface area contributed by atoms with E-state index in [-0.39, 0.29) is 0 Å². The van der Waals surface area contributed by atoms with Gasteiger partial charge in [0.1, 0.15) is 12.2 Å². The minimum absolute atomic E-state index is 0.377. The van der Waals surface area contributed by atoms with Gasteiger partial charge in [-0.25, -0.2) is 4.98 Å². The molecule has 0 radical (unpaired) electrons. The highest BCUT2D eigenvalue weighted by Crippen LogP contribution is 2.07. The van der Waals surface area contributed by atoms with Crippen molar-refractivity contribution in [2.45, 2.75) is 45.7 Å². The average molecular weight is 273 g/mol. The summed E-state index contributed by atoms with van der Waals surface area (Å²) in [7, 11) is 0. The van der Waals surface area contributed by atoms with Crippen molar-refractivity contribution in [1.29, 1.82) is 0 Å². The Labute approximate surface area is 120 Å². The molecule has 0 aliphatic heterocycles. The van der Waals surface area contributed by atoms with Crippen LogP contribution in [-0.2, 0) is 19.4 Å². The predicted octanol–water partition coefficient (Wildman–Crippen LogP) is 1.85. The van der Waals surface area contributed by atoms with Crippen molar-refractivity contribution in [3.63, 3.8) is 0 Å². The molecule has 2 heterocycles. The van der Waals surface area contributed by atoms with Crippen LogP contribution in [0.25, 0.3) is 0 Å². The van der Waals surface area contributed by atoms with E-state index in [2.05, 4.69) is 46.4 Å². The molecular formula is C15H23N5. The zero-order chi connectivity index (χ0) is 14.2. The molecule has 0 bridgehead atoms. The molecule has 2 rings (SSSR count). The van der Waals surface area contributed by atoms with Crippen LogP contribution in [0.5, 0.6) is 0 Å². The molecular weight excluding hydrogens is 250 g/mol. The van der Waals surface area contributed by atoms with Gasteiger partial charge in [0, 0.05) is 31.4 Å². The summed E-state index contributed by atoms with van der Waals surface area (Å²) in [6.07, 6.45) is 8.30. The van der Waals surface area contributed by atoms with E-state index >= 15 is 0 Å². The van der Waals surface area contributed by atoms with Gasteiger partial charge in [0.15, 0.2) is 0 Å². The Morgan fingerprint density at radius 1 is 1.20 bits per heavy atom. The molecule has 0 aromatic carbocycles. The highest BCUT2D eigenvalue weighted by atomic mass is 15.3. The maximum absolute atomic E-state index is 4.40. The minimum atomic E-state index is 0.377. The lowest BCUT2D eigenvalue weighted by Gasteiger charge is -2.18. The van der Waals surface area contributed by atoms with Gasteiger partial charge >= 0.3 is 0 Å². The molecule has 2 aromatic rings. The smallest absolute Gasteiger partial charge is 0.138 e. The van der Waals surface area contributed by atoms with E-state index in [1.165, 1.54) is 5.56 Å². The maximum Gasteiger partial charge on any atom is 0.138 e. The van der Waals surface area contributed by atoms with Gasteiger partial charge in [-0.1, -0.05) is 13.8 Å². The van der Waals surface area contributed by atoms with Crippen LogP contribution in [0.3, 0.4) is 0 Å². The van der Waals surface area contributed by atoms with Gasteiger partial charge in [0.25, 0.3) is 0 Å². The molecule has 0 amide bonds. The van der Waals surface area contributed by atoms with E-state index in [1.54, 1.807) is 6.33 Å². The van der Waals surface area contributed by atoms with E-state index < -0.39 is 0 Å². The highest BCUT2D eigenvalue weighted by Gasteiger charge is 2.13. The SMILES string of the molecule is CCCn1ncnc1CC(Cc1ccncc1)NCC. The lowest BCUT2D eigenvalue weighted by molar-refractivity contribution is 0.482. The van der Waals surface area contributed by atoms with Crippen LogP contribution < -0.4 is 5.32 Å². The molecule has 1 atom stereocenters. The quantitative estimate of drug-likeness (QED) is 0.797. The minimum Gasteiger partial charge on any atom is -0.313 e. The zero-order valence-corrected chi connectivity index (χ0v) is 12.3. The summed E-state index contributed by atoms with van der Waals surface area (Å²) >= 11 is 0. The molecule has 108 valence electrons. The molecule has 1 N–H and O–H groups in total. The number of aromatic nitrogens is 4. The molecule has 0 aliphatic rings. The summed E-state index contributed by atoms with van der Waals surface area (Å²) < 4.78 is 2.01. The Morgan fingerprint density at radius 2 is 2.00 bits per heavy atom. The van der Waals surface area contributed by atoms with Gasteiger partial charge in [0.05, 0.1) is 0 Å². The number of hydrogen-bond donors (Lipinski definition) is 1. The van der Waals surface area contributed by atoms with E-state index in [0.29, 0.717) is 6.04 Å². The first-order valence-corrected chi connectivity index (χ1v) is 7.32. The topological polar surface area (TPSA) is 55.6 Å². The third kappa shape index (κ3) is 4.13. The van der Waals surface area contributed by atoms with Crippen LogP contribution in [0, 0.1) is 0 Å². The van der Waals surface area contributed by atoms with Crippen LogP contribution in [0.2, 0.25) is 0 Å². The Kier molecular flexibility index (Phi) is 5.68. The standard InChI is InChI=1S/C15H23N5/c1-3-9-20-15(18-12-19-20)11-14(17-4-2)10-13-5-7-16-8-6-13/h5-8,12,14,17H,3-4,9-11H2,1-2H3. The Balaban J connectivity index is 2.03. The van der Waals surface area contributed by atoms with Gasteiger partial charge in [-0.3, -0.25) is 9.67 Å². The number of rotatable bonds is 8. The van der Waals surface area contributed by atoms with Crippen molar-refractivity contribution in [2.24, 2.45) is 0 Å². The molecule has 5 heteroatoms. The number of pyridine rings is 1. The predicted molar refractivity (Wildman–Crippen MR) is 79.4 cm³/mol. The van der Waals surface area contributed by atoms with Crippen LogP contribution in [0.1, 0.15) is 31.7 Å². The molecule has 20 heavy (non-hydrogen) atoms. The first kappa shape index (κ1) is 14.7. The first-order valence-electron chi connectivity index (χ1n) is 7.32. The zero-order valence-electron chi connectivity index (χ0n) is 12.3. The van der Waals surface area contributed by atoms with Gasteiger partial charge in [0.2, 0.25) is 0 Å². The summed E-state index contributed by atoms with van der Waals surface area (Å²) in [5, 5.41) is 7.83. The fourth-order valence-electron chi connectivity index (χ4n) is 2.37. The molecule has 0 aliphatic carbocycles. The van der Waals surface area contributed by atoms with Crippen molar-refractivity contribution >= 4 is 0 Å². The Bertz CT molecular complexity index is 494. The second kappa shape index (κ2) is 7.75. The van der Waals surface area contributed by atoms with Crippen LogP contribution in [-0.4, -0.2) is 32.3 Å². The molecule has 2 aromatic heterocycles. The fourth-order valence-corrected chi connectivity index (χ4v) is 2.37. The number of nitrogens with zero attached hydrogens (tertiary/aromatic N) is 4. The normalized spacial score (nSPS) is 12.5. The molecule has 0 saturated carbocycles. The van der Waals surface area contributed by atoms with E-state index in [4.69, 9.17) is 0 Å². The molecule has 0 fully saturated rings. The van der Waals surface area contributed by atoms with Gasteiger partial charge < -0.3 is 5.32 Å². The summed E-state index contributed by atoms with van der Waals surface area (Å²) in [5.74, 6) is 1.06. The van der Waals surface area contributed by atoms with E-state index in [0.717, 1.165) is 38.2 Å². The van der Waals surface area contributed by atoms with Crippen molar-refractivity contribution < 1.29 is 0 Å². The van der Waals surface area contributed by atoms with Crippen molar-refractivity contribution in [1.82, 2.24) is 25.1 Å². The number of likely N-dealkylation sites (N-methyl/N-ethyl adjacent to an activating group) is 1. The van der Waals surface area contributed by atoms with Crippen LogP contribution in [0.4, 0.5) is 0 Å². The lowest BCUT2D eigenvalue weighted by Crippen LogP contribution is -2.34. The number of hydrogen-bond acceptors (Lipinski definition) is 4. The summed E-state index contributed by atoms with van der Waals surface area (Å²) in [5.41, 5.74) is 1.30. The fraction of sp³-hybridized carbons (Fsp3) is 0.533.